The van der Waals surface area contributed by atoms with Crippen LogP contribution in [-0.4, -0.2) is 74.2 Å². The van der Waals surface area contributed by atoms with E-state index in [-0.39, 0.29) is 24.0 Å². The number of nitrogens with zero attached hydrogens (tertiary/aromatic N) is 3. The van der Waals surface area contributed by atoms with Crippen molar-refractivity contribution in [3.63, 3.8) is 0 Å². The molecule has 2 fully saturated rings. The molecule has 2 heterocycles. The molecular weight excluding hydrogens is 449 g/mol. The third-order valence-electron chi connectivity index (χ3n) is 5.77. The molecule has 160 valence electrons. The lowest BCUT2D eigenvalue weighted by Gasteiger charge is -2.34. The van der Waals surface area contributed by atoms with Gasteiger partial charge in [0.2, 0.25) is 0 Å². The number of hydrogen-bond donors (Lipinski definition) is 2. The number of rotatable bonds is 8. The molecule has 2 saturated heterocycles. The van der Waals surface area contributed by atoms with Gasteiger partial charge in [-0.2, -0.15) is 0 Å². The molecule has 2 rings (SSSR count). The van der Waals surface area contributed by atoms with Crippen LogP contribution in [0.3, 0.4) is 0 Å². The van der Waals surface area contributed by atoms with E-state index >= 15 is 0 Å². The van der Waals surface area contributed by atoms with Crippen molar-refractivity contribution in [3.8, 4) is 0 Å². The van der Waals surface area contributed by atoms with E-state index in [4.69, 9.17) is 4.99 Å². The van der Waals surface area contributed by atoms with Crippen LogP contribution in [0.1, 0.15) is 65.7 Å². The molecule has 0 amide bonds. The Morgan fingerprint density at radius 1 is 1.04 bits per heavy atom. The molecule has 2 N–H and O–H groups in total. The van der Waals surface area contributed by atoms with Crippen LogP contribution in [0.25, 0.3) is 0 Å². The summed E-state index contributed by atoms with van der Waals surface area (Å²) in [4.78, 5) is 10.1. The number of hydrogen-bond acceptors (Lipinski definition) is 3. The van der Waals surface area contributed by atoms with Gasteiger partial charge in [-0.3, -0.25) is 4.99 Å². The first-order valence-electron chi connectivity index (χ1n) is 11.2. The Labute approximate surface area is 185 Å². The highest BCUT2D eigenvalue weighted by atomic mass is 127. The molecule has 1 atom stereocenters. The van der Waals surface area contributed by atoms with Gasteiger partial charge in [0.15, 0.2) is 5.96 Å². The van der Waals surface area contributed by atoms with E-state index in [0.717, 1.165) is 25.6 Å². The Bertz CT molecular complexity index is 394. The first kappa shape index (κ1) is 25.0. The van der Waals surface area contributed by atoms with Crippen molar-refractivity contribution < 1.29 is 0 Å². The summed E-state index contributed by atoms with van der Waals surface area (Å²) in [5.74, 6) is 1.71. The SMILES string of the molecule is CCNC(=NCC1CCCN(C(C)C)C1)NCCCN1CCCCCC1.I. The van der Waals surface area contributed by atoms with Gasteiger partial charge >= 0.3 is 0 Å². The molecule has 0 aromatic rings. The molecule has 27 heavy (non-hydrogen) atoms. The molecule has 5 nitrogen and oxygen atoms in total. The maximum Gasteiger partial charge on any atom is 0.191 e. The minimum atomic E-state index is 0. The smallest absolute Gasteiger partial charge is 0.191 e. The fraction of sp³-hybridized carbons (Fsp3) is 0.952. The van der Waals surface area contributed by atoms with Gasteiger partial charge < -0.3 is 20.4 Å². The van der Waals surface area contributed by atoms with Crippen LogP contribution in [0.4, 0.5) is 0 Å². The summed E-state index contributed by atoms with van der Waals surface area (Å²) in [5.41, 5.74) is 0. The van der Waals surface area contributed by atoms with Crippen molar-refractivity contribution in [2.45, 2.75) is 71.8 Å². The summed E-state index contributed by atoms with van der Waals surface area (Å²) >= 11 is 0. The van der Waals surface area contributed by atoms with Crippen LogP contribution in [0.2, 0.25) is 0 Å². The fourth-order valence-electron chi connectivity index (χ4n) is 4.15. The normalized spacial score (nSPS) is 23.0. The number of aliphatic imine (C=N–C) groups is 1. The van der Waals surface area contributed by atoms with Crippen molar-refractivity contribution >= 4 is 29.9 Å². The van der Waals surface area contributed by atoms with Gasteiger partial charge in [0.25, 0.3) is 0 Å². The van der Waals surface area contributed by atoms with E-state index in [1.807, 2.05) is 0 Å². The van der Waals surface area contributed by atoms with Crippen LogP contribution >= 0.6 is 24.0 Å². The summed E-state index contributed by atoms with van der Waals surface area (Å²) in [5, 5.41) is 6.96. The highest BCUT2D eigenvalue weighted by Gasteiger charge is 2.21. The van der Waals surface area contributed by atoms with E-state index in [1.165, 1.54) is 77.7 Å². The van der Waals surface area contributed by atoms with Crippen LogP contribution < -0.4 is 10.6 Å². The Balaban J connectivity index is 0.00000364. The van der Waals surface area contributed by atoms with E-state index in [9.17, 15) is 0 Å². The molecule has 2 aliphatic heterocycles. The first-order valence-corrected chi connectivity index (χ1v) is 11.2. The summed E-state index contributed by atoms with van der Waals surface area (Å²) in [6, 6.07) is 0.659. The van der Waals surface area contributed by atoms with Gasteiger partial charge in [-0.1, -0.05) is 12.8 Å². The Hall–Kier alpha value is -0.0800. The monoisotopic (exact) mass is 493 g/mol. The molecule has 0 aliphatic carbocycles. The highest BCUT2D eigenvalue weighted by Crippen LogP contribution is 2.18. The van der Waals surface area contributed by atoms with Crippen molar-refractivity contribution in [3.05, 3.63) is 0 Å². The summed E-state index contributed by atoms with van der Waals surface area (Å²) in [6.07, 6.45) is 9.44. The molecule has 0 aromatic carbocycles. The molecule has 0 aromatic heterocycles. The van der Waals surface area contributed by atoms with Gasteiger partial charge in [-0.05, 0) is 85.0 Å². The number of likely N-dealkylation sites (tertiary alicyclic amines) is 2. The summed E-state index contributed by atoms with van der Waals surface area (Å²) < 4.78 is 0. The largest absolute Gasteiger partial charge is 0.357 e. The zero-order chi connectivity index (χ0) is 18.6. The van der Waals surface area contributed by atoms with Gasteiger partial charge in [0.05, 0.1) is 0 Å². The molecule has 2 aliphatic rings. The second-order valence-electron chi connectivity index (χ2n) is 8.35. The molecule has 0 bridgehead atoms. The number of halogens is 1. The number of nitrogens with one attached hydrogen (secondary N) is 2. The first-order chi connectivity index (χ1) is 12.7. The maximum absolute atomic E-state index is 4.88. The highest BCUT2D eigenvalue weighted by molar-refractivity contribution is 14.0. The van der Waals surface area contributed by atoms with Crippen molar-refractivity contribution in [2.24, 2.45) is 10.9 Å². The maximum atomic E-state index is 4.88. The fourth-order valence-corrected chi connectivity index (χ4v) is 4.15. The molecule has 0 saturated carbocycles. The molecular formula is C21H44IN5. The van der Waals surface area contributed by atoms with Crippen LogP contribution in [0.5, 0.6) is 0 Å². The molecule has 6 heteroatoms. The Morgan fingerprint density at radius 3 is 2.44 bits per heavy atom. The minimum absolute atomic E-state index is 0. The van der Waals surface area contributed by atoms with Gasteiger partial charge in [0.1, 0.15) is 0 Å². The van der Waals surface area contributed by atoms with Crippen LogP contribution in [0, 0.1) is 5.92 Å². The quantitative estimate of drug-likeness (QED) is 0.235. The van der Waals surface area contributed by atoms with E-state index in [1.54, 1.807) is 0 Å². The molecule has 1 unspecified atom stereocenters. The molecule has 0 radical (unpaired) electrons. The van der Waals surface area contributed by atoms with Gasteiger partial charge in [-0.25, -0.2) is 0 Å². The lowest BCUT2D eigenvalue weighted by atomic mass is 9.97. The average Bonchev–Trinajstić information content (AvgIpc) is 2.92. The second kappa shape index (κ2) is 14.9. The van der Waals surface area contributed by atoms with Crippen molar-refractivity contribution in [1.29, 1.82) is 0 Å². The lowest BCUT2D eigenvalue weighted by Crippen LogP contribution is -2.42. The van der Waals surface area contributed by atoms with Crippen LogP contribution in [-0.2, 0) is 0 Å². The number of guanidine groups is 1. The van der Waals surface area contributed by atoms with Crippen molar-refractivity contribution in [2.75, 3.05) is 52.4 Å². The summed E-state index contributed by atoms with van der Waals surface area (Å²) in [7, 11) is 0. The van der Waals surface area contributed by atoms with Gasteiger partial charge in [0, 0.05) is 32.2 Å². The second-order valence-corrected chi connectivity index (χ2v) is 8.35. The standard InChI is InChI=1S/C21H43N5.HI/c1-4-22-21(23-12-10-15-25-13-7-5-6-8-14-25)24-17-20-11-9-16-26(18-20)19(2)3;/h19-20H,4-18H2,1-3H3,(H2,22,23,24);1H. The van der Waals surface area contributed by atoms with E-state index in [0.29, 0.717) is 12.0 Å². The lowest BCUT2D eigenvalue weighted by molar-refractivity contribution is 0.143. The van der Waals surface area contributed by atoms with Crippen LogP contribution in [0.15, 0.2) is 4.99 Å². The Kier molecular flexibility index (Phi) is 13.7. The molecule has 0 spiro atoms. The zero-order valence-electron chi connectivity index (χ0n) is 18.0. The predicted molar refractivity (Wildman–Crippen MR) is 128 cm³/mol. The summed E-state index contributed by atoms with van der Waals surface area (Å²) in [6.45, 7) is 15.9. The predicted octanol–water partition coefficient (Wildman–Crippen LogP) is 3.55. The van der Waals surface area contributed by atoms with Crippen molar-refractivity contribution in [1.82, 2.24) is 20.4 Å². The topological polar surface area (TPSA) is 42.9 Å². The average molecular weight is 494 g/mol. The van der Waals surface area contributed by atoms with E-state index in [2.05, 4.69) is 41.2 Å². The minimum Gasteiger partial charge on any atom is -0.357 e. The third kappa shape index (κ3) is 10.3. The number of piperidine rings is 1. The zero-order valence-corrected chi connectivity index (χ0v) is 20.3. The van der Waals surface area contributed by atoms with E-state index < -0.39 is 0 Å². The Morgan fingerprint density at radius 2 is 1.78 bits per heavy atom. The van der Waals surface area contributed by atoms with Gasteiger partial charge in [-0.15, -0.1) is 24.0 Å². The third-order valence-corrected chi connectivity index (χ3v) is 5.77.